The maximum Gasteiger partial charge on any atom is 0.110 e. The summed E-state index contributed by atoms with van der Waals surface area (Å²) in [6.45, 7) is 2.38. The van der Waals surface area contributed by atoms with Crippen LogP contribution in [-0.2, 0) is 6.42 Å². The molecular formula is C14H20N4S. The first-order chi connectivity index (χ1) is 9.43. The zero-order valence-electron chi connectivity index (χ0n) is 11.1. The van der Waals surface area contributed by atoms with Crippen molar-refractivity contribution in [2.75, 3.05) is 13.1 Å². The Morgan fingerprint density at radius 1 is 1.42 bits per heavy atom. The number of thiazole rings is 1. The summed E-state index contributed by atoms with van der Waals surface area (Å²) in [7, 11) is 0. The molecule has 1 atom stereocenters. The van der Waals surface area contributed by atoms with Crippen molar-refractivity contribution in [3.8, 4) is 0 Å². The number of aryl methyl sites for hydroxylation is 1. The number of nitrogens with zero attached hydrogens (tertiary/aromatic N) is 3. The van der Waals surface area contributed by atoms with Crippen LogP contribution < -0.4 is 0 Å². The molecule has 1 saturated heterocycles. The number of hydrogen-bond donors (Lipinski definition) is 1. The van der Waals surface area contributed by atoms with Crippen molar-refractivity contribution in [1.82, 2.24) is 20.1 Å². The topological polar surface area (TPSA) is 44.8 Å². The van der Waals surface area contributed by atoms with Crippen molar-refractivity contribution in [2.45, 2.75) is 38.1 Å². The van der Waals surface area contributed by atoms with Crippen LogP contribution in [0.2, 0.25) is 0 Å². The van der Waals surface area contributed by atoms with Crippen LogP contribution in [0.4, 0.5) is 0 Å². The highest BCUT2D eigenvalue weighted by Gasteiger charge is 2.25. The molecule has 1 aliphatic heterocycles. The number of likely N-dealkylation sites (tertiary alicyclic amines) is 1. The predicted octanol–water partition coefficient (Wildman–Crippen LogP) is 3.03. The van der Waals surface area contributed by atoms with E-state index in [2.05, 4.69) is 25.5 Å². The molecule has 0 spiro atoms. The van der Waals surface area contributed by atoms with Gasteiger partial charge in [0.2, 0.25) is 0 Å². The Hall–Kier alpha value is -1.20. The first kappa shape index (κ1) is 12.8. The smallest absolute Gasteiger partial charge is 0.110 e. The molecule has 3 heterocycles. The van der Waals surface area contributed by atoms with Gasteiger partial charge in [-0.3, -0.25) is 10.00 Å². The molecule has 0 aromatic carbocycles. The Morgan fingerprint density at radius 3 is 3.21 bits per heavy atom. The third kappa shape index (κ3) is 3.22. The molecule has 0 amide bonds. The lowest BCUT2D eigenvalue weighted by Gasteiger charge is -2.34. The van der Waals surface area contributed by atoms with Gasteiger partial charge in [0.15, 0.2) is 0 Å². The van der Waals surface area contributed by atoms with E-state index < -0.39 is 0 Å². The third-order valence-corrected chi connectivity index (χ3v) is 4.69. The van der Waals surface area contributed by atoms with Crippen LogP contribution in [-0.4, -0.2) is 33.2 Å². The lowest BCUT2D eigenvalue weighted by molar-refractivity contribution is 0.147. The summed E-state index contributed by atoms with van der Waals surface area (Å²) in [5, 5.41) is 10.3. The highest BCUT2D eigenvalue weighted by molar-refractivity contribution is 7.09. The Bertz CT molecular complexity index is 466. The summed E-state index contributed by atoms with van der Waals surface area (Å²) in [5.41, 5.74) is 1.31. The molecule has 0 radical (unpaired) electrons. The molecule has 0 unspecified atom stereocenters. The second-order valence-electron chi connectivity index (χ2n) is 5.13. The van der Waals surface area contributed by atoms with Gasteiger partial charge in [0.05, 0.1) is 12.2 Å². The molecule has 0 aliphatic carbocycles. The van der Waals surface area contributed by atoms with Gasteiger partial charge in [-0.15, -0.1) is 11.3 Å². The van der Waals surface area contributed by atoms with Crippen LogP contribution in [0.25, 0.3) is 0 Å². The molecule has 1 fully saturated rings. The average Bonchev–Trinajstić information content (AvgIpc) is 3.12. The van der Waals surface area contributed by atoms with Crippen molar-refractivity contribution in [1.29, 1.82) is 0 Å². The van der Waals surface area contributed by atoms with Crippen LogP contribution in [0.5, 0.6) is 0 Å². The van der Waals surface area contributed by atoms with Crippen LogP contribution in [0.3, 0.4) is 0 Å². The molecule has 0 saturated carbocycles. The van der Waals surface area contributed by atoms with Crippen molar-refractivity contribution < 1.29 is 0 Å². The molecule has 19 heavy (non-hydrogen) atoms. The quantitative estimate of drug-likeness (QED) is 0.913. The summed E-state index contributed by atoms with van der Waals surface area (Å²) in [4.78, 5) is 7.12. The summed E-state index contributed by atoms with van der Waals surface area (Å²) < 4.78 is 0. The zero-order valence-corrected chi connectivity index (χ0v) is 11.9. The number of aromatic nitrogens is 3. The van der Waals surface area contributed by atoms with E-state index in [9.17, 15) is 0 Å². The highest BCUT2D eigenvalue weighted by atomic mass is 32.1. The summed E-state index contributed by atoms with van der Waals surface area (Å²) in [6.07, 6.45) is 12.1. The molecule has 5 heteroatoms. The minimum Gasteiger partial charge on any atom is -0.294 e. The minimum absolute atomic E-state index is 0.554. The monoisotopic (exact) mass is 276 g/mol. The number of H-pyrrole nitrogens is 1. The first-order valence-electron chi connectivity index (χ1n) is 7.04. The van der Waals surface area contributed by atoms with Gasteiger partial charge in [0.25, 0.3) is 0 Å². The zero-order chi connectivity index (χ0) is 12.9. The highest BCUT2D eigenvalue weighted by Crippen LogP contribution is 2.31. The molecule has 1 aliphatic rings. The molecule has 102 valence electrons. The van der Waals surface area contributed by atoms with Crippen LogP contribution in [0.15, 0.2) is 24.0 Å². The normalized spacial score (nSPS) is 20.7. The van der Waals surface area contributed by atoms with Gasteiger partial charge >= 0.3 is 0 Å². The lowest BCUT2D eigenvalue weighted by Crippen LogP contribution is -2.34. The minimum atomic E-state index is 0.554. The van der Waals surface area contributed by atoms with Gasteiger partial charge in [-0.2, -0.15) is 5.10 Å². The SMILES string of the molecule is c1csc([C@H]2CCCCN2CCCc2cn[nH]c2)n1. The van der Waals surface area contributed by atoms with E-state index in [1.807, 2.05) is 18.6 Å². The van der Waals surface area contributed by atoms with E-state index in [1.165, 1.54) is 42.8 Å². The maximum absolute atomic E-state index is 4.51. The van der Waals surface area contributed by atoms with E-state index in [0.29, 0.717) is 6.04 Å². The molecule has 0 bridgehead atoms. The van der Waals surface area contributed by atoms with Crippen molar-refractivity contribution in [3.05, 3.63) is 34.5 Å². The maximum atomic E-state index is 4.51. The third-order valence-electron chi connectivity index (χ3n) is 3.82. The van der Waals surface area contributed by atoms with E-state index in [1.54, 1.807) is 11.3 Å². The fourth-order valence-corrected chi connectivity index (χ4v) is 3.64. The first-order valence-corrected chi connectivity index (χ1v) is 7.92. The van der Waals surface area contributed by atoms with Crippen molar-refractivity contribution >= 4 is 11.3 Å². The van der Waals surface area contributed by atoms with Crippen molar-refractivity contribution in [2.24, 2.45) is 0 Å². The van der Waals surface area contributed by atoms with E-state index in [-0.39, 0.29) is 0 Å². The average molecular weight is 276 g/mol. The Balaban J connectivity index is 1.55. The second-order valence-corrected chi connectivity index (χ2v) is 6.05. The number of rotatable bonds is 5. The Kier molecular flexibility index (Phi) is 4.25. The van der Waals surface area contributed by atoms with E-state index in [0.717, 1.165) is 13.0 Å². The van der Waals surface area contributed by atoms with Gasteiger partial charge in [0, 0.05) is 17.8 Å². The number of piperidine rings is 1. The number of nitrogens with one attached hydrogen (secondary N) is 1. The predicted molar refractivity (Wildman–Crippen MR) is 77.2 cm³/mol. The van der Waals surface area contributed by atoms with Gasteiger partial charge in [-0.05, 0) is 44.3 Å². The van der Waals surface area contributed by atoms with Crippen LogP contribution >= 0.6 is 11.3 Å². The molecule has 2 aromatic rings. The molecule has 1 N–H and O–H groups in total. The van der Waals surface area contributed by atoms with Crippen LogP contribution in [0, 0.1) is 0 Å². The standard InChI is InChI=1S/C14H20N4S/c1-2-7-18(8-3-4-12-10-16-17-11-12)13(5-1)14-15-6-9-19-14/h6,9-11,13H,1-5,7-8H2,(H,16,17)/t13-/m1/s1. The van der Waals surface area contributed by atoms with E-state index >= 15 is 0 Å². The van der Waals surface area contributed by atoms with Crippen molar-refractivity contribution in [3.63, 3.8) is 0 Å². The molecular weight excluding hydrogens is 256 g/mol. The molecule has 4 nitrogen and oxygen atoms in total. The van der Waals surface area contributed by atoms with Gasteiger partial charge in [-0.25, -0.2) is 4.98 Å². The summed E-state index contributed by atoms with van der Waals surface area (Å²) in [5.74, 6) is 0. The largest absolute Gasteiger partial charge is 0.294 e. The summed E-state index contributed by atoms with van der Waals surface area (Å²) in [6, 6.07) is 0.554. The Labute approximate surface area is 117 Å². The Morgan fingerprint density at radius 2 is 2.42 bits per heavy atom. The lowest BCUT2D eigenvalue weighted by atomic mass is 10.0. The van der Waals surface area contributed by atoms with Gasteiger partial charge in [-0.1, -0.05) is 6.42 Å². The van der Waals surface area contributed by atoms with Gasteiger partial charge < -0.3 is 0 Å². The van der Waals surface area contributed by atoms with Crippen LogP contribution in [0.1, 0.15) is 42.3 Å². The number of hydrogen-bond acceptors (Lipinski definition) is 4. The van der Waals surface area contributed by atoms with Gasteiger partial charge in [0.1, 0.15) is 5.01 Å². The number of aromatic amines is 1. The fraction of sp³-hybridized carbons (Fsp3) is 0.571. The fourth-order valence-electron chi connectivity index (χ4n) is 2.84. The summed E-state index contributed by atoms with van der Waals surface area (Å²) >= 11 is 1.80. The van der Waals surface area contributed by atoms with E-state index in [4.69, 9.17) is 0 Å². The molecule has 2 aromatic heterocycles. The molecule has 3 rings (SSSR count). The second kappa shape index (κ2) is 6.30.